The number of rotatable bonds is 4. The second kappa shape index (κ2) is 7.26. The van der Waals surface area contributed by atoms with E-state index in [1.54, 1.807) is 5.38 Å². The molecule has 1 atom stereocenters. The van der Waals surface area contributed by atoms with E-state index in [1.807, 2.05) is 0 Å². The zero-order valence-electron chi connectivity index (χ0n) is 14.2. The Balaban J connectivity index is 1.95. The predicted molar refractivity (Wildman–Crippen MR) is 94.8 cm³/mol. The number of nitrogens with zero attached hydrogens (tertiary/aromatic N) is 2. The Labute approximate surface area is 153 Å². The standard InChI is InChI=1S/C18H19F3N2O2S/c1-2-12-5-3-4-8-23(12)17-22-15(10-26-17)11-6-7-13(16(24)25)14(9-11)18(19,20)21/h6-7,9-10,12H,2-5,8H2,1H3,(H,24,25)/t12-/m1/s1. The maximum atomic E-state index is 13.2. The SMILES string of the molecule is CC[C@@H]1CCCCN1c1nc(-c2ccc(C(=O)O)c(C(F)(F)F)c2)cs1. The van der Waals surface area contributed by atoms with Crippen molar-refractivity contribution in [3.63, 3.8) is 0 Å². The highest BCUT2D eigenvalue weighted by Gasteiger charge is 2.36. The van der Waals surface area contributed by atoms with Crippen LogP contribution in [0.3, 0.4) is 0 Å². The number of hydrogen-bond donors (Lipinski definition) is 1. The molecule has 0 spiro atoms. The van der Waals surface area contributed by atoms with Gasteiger partial charge < -0.3 is 10.0 Å². The van der Waals surface area contributed by atoms with E-state index in [0.29, 0.717) is 11.7 Å². The Kier molecular flexibility index (Phi) is 5.22. The molecule has 1 aromatic heterocycles. The van der Waals surface area contributed by atoms with Gasteiger partial charge in [0.05, 0.1) is 16.8 Å². The third-order valence-corrected chi connectivity index (χ3v) is 5.57. The van der Waals surface area contributed by atoms with E-state index < -0.39 is 23.3 Å². The van der Waals surface area contributed by atoms with Gasteiger partial charge in [-0.15, -0.1) is 11.3 Å². The van der Waals surface area contributed by atoms with Crippen molar-refractivity contribution in [3.05, 3.63) is 34.7 Å². The lowest BCUT2D eigenvalue weighted by Crippen LogP contribution is -2.39. The zero-order chi connectivity index (χ0) is 18.9. The van der Waals surface area contributed by atoms with Crippen LogP contribution >= 0.6 is 11.3 Å². The number of carboxylic acids is 1. The maximum Gasteiger partial charge on any atom is 0.417 e. The van der Waals surface area contributed by atoms with E-state index >= 15 is 0 Å². The third-order valence-electron chi connectivity index (χ3n) is 4.69. The molecule has 8 heteroatoms. The summed E-state index contributed by atoms with van der Waals surface area (Å²) in [5.41, 5.74) is -1.19. The van der Waals surface area contributed by atoms with Gasteiger partial charge in [-0.05, 0) is 37.8 Å². The summed E-state index contributed by atoms with van der Waals surface area (Å²) in [7, 11) is 0. The van der Waals surface area contributed by atoms with Gasteiger partial charge in [-0.2, -0.15) is 13.2 Å². The number of benzene rings is 1. The summed E-state index contributed by atoms with van der Waals surface area (Å²) >= 11 is 1.41. The quantitative estimate of drug-likeness (QED) is 0.778. The van der Waals surface area contributed by atoms with E-state index in [9.17, 15) is 18.0 Å². The van der Waals surface area contributed by atoms with Gasteiger partial charge in [-0.25, -0.2) is 9.78 Å². The van der Waals surface area contributed by atoms with Crippen LogP contribution in [-0.4, -0.2) is 28.6 Å². The number of anilines is 1. The highest BCUT2D eigenvalue weighted by Crippen LogP contribution is 2.37. The number of alkyl halides is 3. The molecule has 140 valence electrons. The van der Waals surface area contributed by atoms with Crippen molar-refractivity contribution in [3.8, 4) is 11.3 Å². The fraction of sp³-hybridized carbons (Fsp3) is 0.444. The molecule has 0 amide bonds. The van der Waals surface area contributed by atoms with Gasteiger partial charge in [0.15, 0.2) is 5.13 Å². The molecule has 26 heavy (non-hydrogen) atoms. The molecule has 3 rings (SSSR count). The highest BCUT2D eigenvalue weighted by atomic mass is 32.1. The minimum Gasteiger partial charge on any atom is -0.478 e. The maximum absolute atomic E-state index is 13.2. The molecule has 2 heterocycles. The Bertz CT molecular complexity index is 804. The summed E-state index contributed by atoms with van der Waals surface area (Å²) in [4.78, 5) is 17.8. The Hall–Kier alpha value is -2.09. The molecule has 0 bridgehead atoms. The van der Waals surface area contributed by atoms with Gasteiger partial charge in [-0.1, -0.05) is 13.0 Å². The van der Waals surface area contributed by atoms with Crippen LogP contribution in [0.2, 0.25) is 0 Å². The smallest absolute Gasteiger partial charge is 0.417 e. The van der Waals surface area contributed by atoms with Crippen molar-refractivity contribution in [1.82, 2.24) is 4.98 Å². The first kappa shape index (κ1) is 18.7. The average Bonchev–Trinajstić information content (AvgIpc) is 3.10. The van der Waals surface area contributed by atoms with Gasteiger partial charge in [0.2, 0.25) is 0 Å². The molecule has 0 saturated carbocycles. The average molecular weight is 384 g/mol. The van der Waals surface area contributed by atoms with Crippen molar-refractivity contribution in [2.24, 2.45) is 0 Å². The van der Waals surface area contributed by atoms with Crippen molar-refractivity contribution in [2.45, 2.75) is 44.8 Å². The van der Waals surface area contributed by atoms with Crippen LogP contribution in [0.4, 0.5) is 18.3 Å². The third kappa shape index (κ3) is 3.70. The number of hydrogen-bond acceptors (Lipinski definition) is 4. The molecule has 1 saturated heterocycles. The molecule has 1 aromatic carbocycles. The molecule has 0 radical (unpaired) electrons. The molecular weight excluding hydrogens is 365 g/mol. The lowest BCUT2D eigenvalue weighted by Gasteiger charge is -2.35. The first-order valence-corrected chi connectivity index (χ1v) is 9.36. The Morgan fingerprint density at radius 1 is 1.38 bits per heavy atom. The zero-order valence-corrected chi connectivity index (χ0v) is 15.0. The number of aromatic nitrogens is 1. The number of carbonyl (C=O) groups is 1. The number of thiazole rings is 1. The Morgan fingerprint density at radius 2 is 2.15 bits per heavy atom. The molecule has 1 aliphatic rings. The van der Waals surface area contributed by atoms with E-state index in [2.05, 4.69) is 16.8 Å². The molecule has 1 aliphatic heterocycles. The van der Waals surface area contributed by atoms with Crippen LogP contribution in [0.15, 0.2) is 23.6 Å². The molecule has 1 fully saturated rings. The highest BCUT2D eigenvalue weighted by molar-refractivity contribution is 7.14. The summed E-state index contributed by atoms with van der Waals surface area (Å²) in [6.45, 7) is 3.02. The summed E-state index contributed by atoms with van der Waals surface area (Å²) in [6.07, 6.45) is -0.379. The second-order valence-corrected chi connectivity index (χ2v) is 7.17. The normalized spacial score (nSPS) is 18.2. The van der Waals surface area contributed by atoms with E-state index in [1.165, 1.54) is 23.8 Å². The second-order valence-electron chi connectivity index (χ2n) is 6.33. The van der Waals surface area contributed by atoms with Crippen molar-refractivity contribution >= 4 is 22.4 Å². The number of piperidine rings is 1. The summed E-state index contributed by atoms with van der Waals surface area (Å²) in [5.74, 6) is -1.60. The fourth-order valence-electron chi connectivity index (χ4n) is 3.33. The molecule has 1 N–H and O–H groups in total. The molecule has 2 aromatic rings. The van der Waals surface area contributed by atoms with Crippen LogP contribution in [0.25, 0.3) is 11.3 Å². The van der Waals surface area contributed by atoms with Crippen LogP contribution in [0, 0.1) is 0 Å². The van der Waals surface area contributed by atoms with Gasteiger partial charge >= 0.3 is 12.1 Å². The van der Waals surface area contributed by atoms with Crippen LogP contribution in [0.5, 0.6) is 0 Å². The van der Waals surface area contributed by atoms with E-state index in [-0.39, 0.29) is 5.56 Å². The molecule has 0 aliphatic carbocycles. The van der Waals surface area contributed by atoms with Gasteiger partial charge in [0.1, 0.15) is 0 Å². The number of halogens is 3. The minimum atomic E-state index is -4.73. The topological polar surface area (TPSA) is 53.4 Å². The van der Waals surface area contributed by atoms with Gasteiger partial charge in [-0.3, -0.25) is 0 Å². The largest absolute Gasteiger partial charge is 0.478 e. The minimum absolute atomic E-state index is 0.273. The van der Waals surface area contributed by atoms with Crippen LogP contribution in [-0.2, 0) is 6.18 Å². The summed E-state index contributed by atoms with van der Waals surface area (Å²) < 4.78 is 39.6. The Morgan fingerprint density at radius 3 is 2.81 bits per heavy atom. The van der Waals surface area contributed by atoms with Gasteiger partial charge in [0.25, 0.3) is 0 Å². The lowest BCUT2D eigenvalue weighted by molar-refractivity contribution is -0.138. The van der Waals surface area contributed by atoms with E-state index in [0.717, 1.165) is 43.1 Å². The molecule has 4 nitrogen and oxygen atoms in total. The molecular formula is C18H19F3N2O2S. The predicted octanol–water partition coefficient (Wildman–Crippen LogP) is 5.30. The number of aromatic carboxylic acids is 1. The first-order valence-electron chi connectivity index (χ1n) is 8.48. The van der Waals surface area contributed by atoms with Crippen molar-refractivity contribution in [1.29, 1.82) is 0 Å². The van der Waals surface area contributed by atoms with Crippen LogP contribution < -0.4 is 4.90 Å². The van der Waals surface area contributed by atoms with Crippen molar-refractivity contribution < 1.29 is 23.1 Å². The number of carboxylic acid groups (broad SMARTS) is 1. The lowest BCUT2D eigenvalue weighted by atomic mass is 10.0. The van der Waals surface area contributed by atoms with Gasteiger partial charge in [0, 0.05) is 23.5 Å². The van der Waals surface area contributed by atoms with Crippen molar-refractivity contribution in [2.75, 3.05) is 11.4 Å². The summed E-state index contributed by atoms with van der Waals surface area (Å²) in [5, 5.41) is 11.5. The molecule has 0 unspecified atom stereocenters. The summed E-state index contributed by atoms with van der Waals surface area (Å²) in [6, 6.07) is 3.65. The monoisotopic (exact) mass is 384 g/mol. The fourth-order valence-corrected chi connectivity index (χ4v) is 4.26. The van der Waals surface area contributed by atoms with Crippen LogP contribution in [0.1, 0.15) is 48.5 Å². The first-order chi connectivity index (χ1) is 12.3. The van der Waals surface area contributed by atoms with E-state index in [4.69, 9.17) is 5.11 Å².